The molecule has 2 rings (SSSR count). The molecule has 1 aliphatic heterocycles. The molecule has 1 amide bonds. The van der Waals surface area contributed by atoms with Gasteiger partial charge < -0.3 is 15.4 Å². The highest BCUT2D eigenvalue weighted by Crippen LogP contribution is 2.13. The zero-order valence-electron chi connectivity index (χ0n) is 10.1. The lowest BCUT2D eigenvalue weighted by Crippen LogP contribution is -2.53. The Hall–Kier alpha value is -1.46. The molecule has 0 saturated carbocycles. The van der Waals surface area contributed by atoms with Gasteiger partial charge >= 0.3 is 0 Å². The van der Waals surface area contributed by atoms with Gasteiger partial charge in [0, 0.05) is 24.6 Å². The Morgan fingerprint density at radius 1 is 1.65 bits per heavy atom. The van der Waals surface area contributed by atoms with Gasteiger partial charge in [0.15, 0.2) is 0 Å². The van der Waals surface area contributed by atoms with Gasteiger partial charge in [-0.3, -0.25) is 9.78 Å². The fourth-order valence-corrected chi connectivity index (χ4v) is 1.85. The third-order valence-corrected chi connectivity index (χ3v) is 2.88. The highest BCUT2D eigenvalue weighted by Gasteiger charge is 2.28. The van der Waals surface area contributed by atoms with Crippen molar-refractivity contribution >= 4 is 11.6 Å². The number of pyridine rings is 1. The maximum Gasteiger partial charge on any atom is 0.244 e. The maximum absolute atomic E-state index is 12.1. The lowest BCUT2D eigenvalue weighted by Gasteiger charge is -2.29. The number of aromatic nitrogens is 1. The molecule has 0 spiro atoms. The van der Waals surface area contributed by atoms with Gasteiger partial charge in [-0.1, -0.05) is 0 Å². The first-order chi connectivity index (χ1) is 8.18. The van der Waals surface area contributed by atoms with Gasteiger partial charge in [-0.15, -0.1) is 0 Å². The lowest BCUT2D eigenvalue weighted by atomic mass is 10.1. The molecule has 5 heteroatoms. The van der Waals surface area contributed by atoms with Crippen molar-refractivity contribution in [2.45, 2.75) is 26.0 Å². The largest absolute Gasteiger partial charge is 0.375 e. The monoisotopic (exact) mass is 235 g/mol. The molecule has 0 aliphatic carbocycles. The molecule has 2 heterocycles. The molecule has 0 aromatic carbocycles. The number of rotatable bonds is 2. The molecular formula is C12H17N3O2. The van der Waals surface area contributed by atoms with Crippen molar-refractivity contribution in [3.63, 3.8) is 0 Å². The van der Waals surface area contributed by atoms with Crippen molar-refractivity contribution in [1.82, 2.24) is 10.3 Å². The average Bonchev–Trinajstić information content (AvgIpc) is 2.32. The summed E-state index contributed by atoms with van der Waals surface area (Å²) in [5, 5.41) is 6.04. The predicted molar refractivity (Wildman–Crippen MR) is 64.8 cm³/mol. The Balaban J connectivity index is 2.03. The summed E-state index contributed by atoms with van der Waals surface area (Å²) in [6, 6.07) is 1.50. The van der Waals surface area contributed by atoms with Crippen LogP contribution in [-0.4, -0.2) is 36.2 Å². The van der Waals surface area contributed by atoms with Crippen molar-refractivity contribution in [2.24, 2.45) is 0 Å². The van der Waals surface area contributed by atoms with Crippen molar-refractivity contribution in [3.8, 4) is 0 Å². The number of aryl methyl sites for hydroxylation is 1. The third kappa shape index (κ3) is 2.81. The highest BCUT2D eigenvalue weighted by atomic mass is 16.5. The zero-order chi connectivity index (χ0) is 12.3. The quantitative estimate of drug-likeness (QED) is 0.792. The van der Waals surface area contributed by atoms with E-state index < -0.39 is 0 Å². The fourth-order valence-electron chi connectivity index (χ4n) is 1.85. The van der Waals surface area contributed by atoms with Crippen LogP contribution in [0.1, 0.15) is 12.5 Å². The molecule has 1 aromatic rings. The SMILES string of the molecule is Cc1cnccc1NC(=O)[C@H]1NCCO[C@@H]1C. The smallest absolute Gasteiger partial charge is 0.244 e. The van der Waals surface area contributed by atoms with Gasteiger partial charge in [0.1, 0.15) is 6.04 Å². The summed E-state index contributed by atoms with van der Waals surface area (Å²) in [5.41, 5.74) is 1.75. The number of hydrogen-bond donors (Lipinski definition) is 2. The lowest BCUT2D eigenvalue weighted by molar-refractivity contribution is -0.123. The van der Waals surface area contributed by atoms with E-state index in [0.717, 1.165) is 11.3 Å². The molecule has 92 valence electrons. The van der Waals surface area contributed by atoms with Gasteiger partial charge in [0.05, 0.1) is 12.7 Å². The summed E-state index contributed by atoms with van der Waals surface area (Å²) in [6.07, 6.45) is 3.28. The standard InChI is InChI=1S/C12H17N3O2/c1-8-7-13-4-3-10(8)15-12(16)11-9(2)17-6-5-14-11/h3-4,7,9,11,14H,5-6H2,1-2H3,(H,13,15,16)/t9-,11+/m1/s1. The Labute approximate surface area is 101 Å². The molecule has 0 bridgehead atoms. The summed E-state index contributed by atoms with van der Waals surface area (Å²) >= 11 is 0. The van der Waals surface area contributed by atoms with Crippen molar-refractivity contribution in [2.75, 3.05) is 18.5 Å². The predicted octanol–water partition coefficient (Wildman–Crippen LogP) is 0.705. The van der Waals surface area contributed by atoms with E-state index >= 15 is 0 Å². The van der Waals surface area contributed by atoms with Crippen LogP contribution in [0, 0.1) is 6.92 Å². The van der Waals surface area contributed by atoms with Crippen LogP contribution in [0.15, 0.2) is 18.5 Å². The minimum atomic E-state index is -0.295. The minimum absolute atomic E-state index is 0.0634. The zero-order valence-corrected chi connectivity index (χ0v) is 10.1. The van der Waals surface area contributed by atoms with E-state index in [4.69, 9.17) is 4.74 Å². The number of nitrogens with one attached hydrogen (secondary N) is 2. The van der Waals surface area contributed by atoms with Gasteiger partial charge in [-0.25, -0.2) is 0 Å². The molecule has 5 nitrogen and oxygen atoms in total. The summed E-state index contributed by atoms with van der Waals surface area (Å²) in [4.78, 5) is 16.0. The summed E-state index contributed by atoms with van der Waals surface area (Å²) in [7, 11) is 0. The molecule has 2 N–H and O–H groups in total. The normalized spacial score (nSPS) is 24.4. The van der Waals surface area contributed by atoms with E-state index in [9.17, 15) is 4.79 Å². The van der Waals surface area contributed by atoms with E-state index in [1.807, 2.05) is 13.8 Å². The molecule has 2 atom stereocenters. The molecule has 1 saturated heterocycles. The number of hydrogen-bond acceptors (Lipinski definition) is 4. The van der Waals surface area contributed by atoms with Crippen molar-refractivity contribution < 1.29 is 9.53 Å². The van der Waals surface area contributed by atoms with Crippen LogP contribution in [-0.2, 0) is 9.53 Å². The van der Waals surface area contributed by atoms with Crippen LogP contribution in [0.4, 0.5) is 5.69 Å². The number of ether oxygens (including phenoxy) is 1. The van der Waals surface area contributed by atoms with Crippen LogP contribution in [0.2, 0.25) is 0 Å². The maximum atomic E-state index is 12.1. The summed E-state index contributed by atoms with van der Waals surface area (Å²) in [5.74, 6) is -0.0634. The Morgan fingerprint density at radius 3 is 3.18 bits per heavy atom. The molecular weight excluding hydrogens is 218 g/mol. The number of carbonyl (C=O) groups is 1. The van der Waals surface area contributed by atoms with Gasteiger partial charge in [-0.05, 0) is 25.5 Å². The molecule has 1 aliphatic rings. The average molecular weight is 235 g/mol. The number of nitrogens with zero attached hydrogens (tertiary/aromatic N) is 1. The number of carbonyl (C=O) groups excluding carboxylic acids is 1. The number of amides is 1. The summed E-state index contributed by atoms with van der Waals surface area (Å²) < 4.78 is 5.44. The van der Waals surface area contributed by atoms with Gasteiger partial charge in [0.2, 0.25) is 5.91 Å². The first-order valence-electron chi connectivity index (χ1n) is 5.75. The Morgan fingerprint density at radius 2 is 2.47 bits per heavy atom. The fraction of sp³-hybridized carbons (Fsp3) is 0.500. The van der Waals surface area contributed by atoms with E-state index in [1.54, 1.807) is 18.5 Å². The molecule has 1 aromatic heterocycles. The van der Waals surface area contributed by atoms with Crippen LogP contribution in [0.5, 0.6) is 0 Å². The molecule has 0 unspecified atom stereocenters. The second kappa shape index (κ2) is 5.25. The van der Waals surface area contributed by atoms with E-state index in [2.05, 4.69) is 15.6 Å². The van der Waals surface area contributed by atoms with Gasteiger partial charge in [0.25, 0.3) is 0 Å². The second-order valence-corrected chi connectivity index (χ2v) is 4.19. The van der Waals surface area contributed by atoms with Crippen LogP contribution >= 0.6 is 0 Å². The highest BCUT2D eigenvalue weighted by molar-refractivity contribution is 5.95. The number of anilines is 1. The Kier molecular flexibility index (Phi) is 3.71. The van der Waals surface area contributed by atoms with Crippen LogP contribution in [0.3, 0.4) is 0 Å². The van der Waals surface area contributed by atoms with E-state index in [-0.39, 0.29) is 18.1 Å². The molecule has 0 radical (unpaired) electrons. The molecule has 1 fully saturated rings. The van der Waals surface area contributed by atoms with Crippen LogP contribution < -0.4 is 10.6 Å². The second-order valence-electron chi connectivity index (χ2n) is 4.19. The van der Waals surface area contributed by atoms with E-state index in [1.165, 1.54) is 0 Å². The van der Waals surface area contributed by atoms with E-state index in [0.29, 0.717) is 13.2 Å². The summed E-state index contributed by atoms with van der Waals surface area (Å²) in [6.45, 7) is 5.17. The molecule has 17 heavy (non-hydrogen) atoms. The minimum Gasteiger partial charge on any atom is -0.375 e. The van der Waals surface area contributed by atoms with Crippen molar-refractivity contribution in [1.29, 1.82) is 0 Å². The number of morpholine rings is 1. The topological polar surface area (TPSA) is 63.2 Å². The Bertz CT molecular complexity index is 408. The van der Waals surface area contributed by atoms with Crippen molar-refractivity contribution in [3.05, 3.63) is 24.0 Å². The third-order valence-electron chi connectivity index (χ3n) is 2.88. The first-order valence-corrected chi connectivity index (χ1v) is 5.75. The first kappa shape index (κ1) is 12.0. The van der Waals surface area contributed by atoms with Crippen LogP contribution in [0.25, 0.3) is 0 Å². The van der Waals surface area contributed by atoms with Gasteiger partial charge in [-0.2, -0.15) is 0 Å².